The molecule has 0 saturated heterocycles. The topological polar surface area (TPSA) is 85.1 Å². The number of anilines is 1. The molecule has 2 rings (SSSR count). The number of hydrogen-bond donors (Lipinski definition) is 2. The molecule has 0 amide bonds. The Morgan fingerprint density at radius 2 is 1.76 bits per heavy atom. The summed E-state index contributed by atoms with van der Waals surface area (Å²) in [4.78, 5) is 3.90. The third-order valence-electron chi connectivity index (χ3n) is 3.12. The molecule has 1 unspecified atom stereocenters. The number of pyridine rings is 1. The number of nitrogens with two attached hydrogens (primary N) is 1. The summed E-state index contributed by atoms with van der Waals surface area (Å²) in [6, 6.07) is 10.7. The number of rotatable bonds is 6. The molecule has 0 saturated carbocycles. The molecule has 1 atom stereocenters. The zero-order chi connectivity index (χ0) is 15.3. The summed E-state index contributed by atoms with van der Waals surface area (Å²) >= 11 is 0. The molecular formula is C15H19N3O2S. The molecule has 0 spiro atoms. The van der Waals surface area contributed by atoms with E-state index >= 15 is 0 Å². The van der Waals surface area contributed by atoms with E-state index in [1.807, 2.05) is 31.2 Å². The second-order valence-corrected chi connectivity index (χ2v) is 6.78. The van der Waals surface area contributed by atoms with E-state index in [0.29, 0.717) is 12.1 Å². The van der Waals surface area contributed by atoms with Crippen molar-refractivity contribution in [3.63, 3.8) is 0 Å². The molecule has 21 heavy (non-hydrogen) atoms. The minimum absolute atomic E-state index is 0.0338. The van der Waals surface area contributed by atoms with Crippen LogP contribution in [0.3, 0.4) is 0 Å². The van der Waals surface area contributed by atoms with E-state index in [4.69, 9.17) is 5.73 Å². The molecule has 6 heteroatoms. The molecule has 0 aliphatic heterocycles. The summed E-state index contributed by atoms with van der Waals surface area (Å²) in [6.45, 7) is 1.88. The van der Waals surface area contributed by atoms with Gasteiger partial charge in [-0.1, -0.05) is 12.1 Å². The predicted molar refractivity (Wildman–Crippen MR) is 84.4 cm³/mol. The van der Waals surface area contributed by atoms with Gasteiger partial charge in [-0.2, -0.15) is 0 Å². The lowest BCUT2D eigenvalue weighted by atomic mass is 10.1. The lowest BCUT2D eigenvalue weighted by Crippen LogP contribution is -2.18. The van der Waals surface area contributed by atoms with E-state index in [1.54, 1.807) is 24.5 Å². The maximum atomic E-state index is 12.0. The van der Waals surface area contributed by atoms with Crippen LogP contribution in [0.15, 0.2) is 48.8 Å². The van der Waals surface area contributed by atoms with Crippen molar-refractivity contribution in [3.05, 3.63) is 59.9 Å². The molecular weight excluding hydrogens is 286 g/mol. The summed E-state index contributed by atoms with van der Waals surface area (Å²) in [7, 11) is -3.37. The van der Waals surface area contributed by atoms with Crippen LogP contribution < -0.4 is 10.5 Å². The van der Waals surface area contributed by atoms with Crippen LogP contribution in [0.1, 0.15) is 24.1 Å². The molecule has 1 aromatic heterocycles. The quantitative estimate of drug-likeness (QED) is 0.855. The minimum atomic E-state index is -3.37. The summed E-state index contributed by atoms with van der Waals surface area (Å²) in [5, 5.41) is 0. The Labute approximate surface area is 125 Å². The molecule has 1 heterocycles. The number of benzene rings is 1. The fourth-order valence-corrected chi connectivity index (χ4v) is 2.99. The highest BCUT2D eigenvalue weighted by Gasteiger charge is 2.11. The second kappa shape index (κ2) is 6.69. The molecule has 0 bridgehead atoms. The van der Waals surface area contributed by atoms with Crippen LogP contribution in [0, 0.1) is 0 Å². The third kappa shape index (κ3) is 4.84. The Kier molecular flexibility index (Phi) is 4.93. The summed E-state index contributed by atoms with van der Waals surface area (Å²) in [6.07, 6.45) is 3.76. The first-order valence-electron chi connectivity index (χ1n) is 6.71. The SMILES string of the molecule is CC(N)c1ccc(NS(=O)(=O)CCc2ccncc2)cc1. The monoisotopic (exact) mass is 305 g/mol. The summed E-state index contributed by atoms with van der Waals surface area (Å²) in [5.74, 6) is 0.0338. The highest BCUT2D eigenvalue weighted by molar-refractivity contribution is 7.92. The van der Waals surface area contributed by atoms with Crippen LogP contribution in [0.2, 0.25) is 0 Å². The average molecular weight is 305 g/mol. The maximum Gasteiger partial charge on any atom is 0.233 e. The molecule has 112 valence electrons. The van der Waals surface area contributed by atoms with Crippen molar-refractivity contribution in [2.45, 2.75) is 19.4 Å². The third-order valence-corrected chi connectivity index (χ3v) is 4.41. The number of nitrogens with zero attached hydrogens (tertiary/aromatic N) is 1. The highest BCUT2D eigenvalue weighted by atomic mass is 32.2. The van der Waals surface area contributed by atoms with E-state index in [0.717, 1.165) is 11.1 Å². The van der Waals surface area contributed by atoms with Crippen LogP contribution in [-0.2, 0) is 16.4 Å². The first-order chi connectivity index (χ1) is 9.96. The van der Waals surface area contributed by atoms with Gasteiger partial charge in [0.25, 0.3) is 0 Å². The van der Waals surface area contributed by atoms with E-state index < -0.39 is 10.0 Å². The zero-order valence-corrected chi connectivity index (χ0v) is 12.7. The van der Waals surface area contributed by atoms with Gasteiger partial charge in [-0.3, -0.25) is 9.71 Å². The van der Waals surface area contributed by atoms with Gasteiger partial charge in [0.1, 0.15) is 0 Å². The van der Waals surface area contributed by atoms with Crippen molar-refractivity contribution >= 4 is 15.7 Å². The van der Waals surface area contributed by atoms with Gasteiger partial charge in [0.15, 0.2) is 0 Å². The molecule has 0 fully saturated rings. The van der Waals surface area contributed by atoms with E-state index in [-0.39, 0.29) is 11.8 Å². The second-order valence-electron chi connectivity index (χ2n) is 4.94. The molecule has 0 aliphatic rings. The van der Waals surface area contributed by atoms with Gasteiger partial charge < -0.3 is 5.73 Å². The molecule has 3 N–H and O–H groups in total. The number of sulfonamides is 1. The average Bonchev–Trinajstić information content (AvgIpc) is 2.46. The van der Waals surface area contributed by atoms with Crippen LogP contribution in [0.5, 0.6) is 0 Å². The van der Waals surface area contributed by atoms with Gasteiger partial charge in [0, 0.05) is 24.1 Å². The maximum absolute atomic E-state index is 12.0. The largest absolute Gasteiger partial charge is 0.324 e. The van der Waals surface area contributed by atoms with Crippen molar-refractivity contribution in [1.29, 1.82) is 0 Å². The van der Waals surface area contributed by atoms with Crippen molar-refractivity contribution in [2.75, 3.05) is 10.5 Å². The fraction of sp³-hybridized carbons (Fsp3) is 0.267. The molecule has 5 nitrogen and oxygen atoms in total. The summed E-state index contributed by atoms with van der Waals surface area (Å²) < 4.78 is 26.7. The standard InChI is InChI=1S/C15H19N3O2S/c1-12(16)14-2-4-15(5-3-14)18-21(19,20)11-8-13-6-9-17-10-7-13/h2-7,9-10,12,18H,8,11,16H2,1H3. The van der Waals surface area contributed by atoms with Gasteiger partial charge in [-0.15, -0.1) is 0 Å². The predicted octanol–water partition coefficient (Wildman–Crippen LogP) is 2.09. The molecule has 1 aromatic carbocycles. The van der Waals surface area contributed by atoms with Gasteiger partial charge in [0.05, 0.1) is 5.75 Å². The van der Waals surface area contributed by atoms with E-state index in [9.17, 15) is 8.42 Å². The van der Waals surface area contributed by atoms with E-state index in [1.165, 1.54) is 0 Å². The lowest BCUT2D eigenvalue weighted by molar-refractivity contribution is 0.600. The van der Waals surface area contributed by atoms with Crippen LogP contribution >= 0.6 is 0 Å². The number of hydrogen-bond acceptors (Lipinski definition) is 4. The van der Waals surface area contributed by atoms with Gasteiger partial charge in [-0.05, 0) is 48.7 Å². The van der Waals surface area contributed by atoms with E-state index in [2.05, 4.69) is 9.71 Å². The lowest BCUT2D eigenvalue weighted by Gasteiger charge is -2.10. The van der Waals surface area contributed by atoms with Crippen molar-refractivity contribution in [2.24, 2.45) is 5.73 Å². The van der Waals surface area contributed by atoms with Crippen molar-refractivity contribution in [1.82, 2.24) is 4.98 Å². The van der Waals surface area contributed by atoms with Gasteiger partial charge in [0.2, 0.25) is 10.0 Å². The van der Waals surface area contributed by atoms with Gasteiger partial charge >= 0.3 is 0 Å². The van der Waals surface area contributed by atoms with Crippen LogP contribution in [0.25, 0.3) is 0 Å². The fourth-order valence-electron chi connectivity index (χ4n) is 1.89. The van der Waals surface area contributed by atoms with Crippen LogP contribution in [0.4, 0.5) is 5.69 Å². The Bertz CT molecular complexity index is 668. The smallest absolute Gasteiger partial charge is 0.233 e. The zero-order valence-electron chi connectivity index (χ0n) is 11.9. The molecule has 0 aliphatic carbocycles. The van der Waals surface area contributed by atoms with Crippen molar-refractivity contribution < 1.29 is 8.42 Å². The Hall–Kier alpha value is -1.92. The highest BCUT2D eigenvalue weighted by Crippen LogP contribution is 2.15. The Balaban J connectivity index is 1.97. The minimum Gasteiger partial charge on any atom is -0.324 e. The van der Waals surface area contributed by atoms with Gasteiger partial charge in [-0.25, -0.2) is 8.42 Å². The molecule has 0 radical (unpaired) electrons. The van der Waals surface area contributed by atoms with Crippen molar-refractivity contribution in [3.8, 4) is 0 Å². The number of aromatic nitrogens is 1. The van der Waals surface area contributed by atoms with Crippen LogP contribution in [-0.4, -0.2) is 19.2 Å². The first kappa shape index (κ1) is 15.5. The first-order valence-corrected chi connectivity index (χ1v) is 8.36. The summed E-state index contributed by atoms with van der Waals surface area (Å²) in [5.41, 5.74) is 8.22. The Morgan fingerprint density at radius 1 is 1.14 bits per heavy atom. The number of aryl methyl sites for hydroxylation is 1. The molecule has 2 aromatic rings. The normalized spacial score (nSPS) is 12.9. The number of nitrogens with one attached hydrogen (secondary N) is 1. The Morgan fingerprint density at radius 3 is 2.33 bits per heavy atom.